The maximum Gasteiger partial charge on any atom is 0.317 e. The number of nitrogens with one attached hydrogen (secondary N) is 2. The molecule has 3 heterocycles. The van der Waals surface area contributed by atoms with Gasteiger partial charge in [-0.1, -0.05) is 53.6 Å². The highest BCUT2D eigenvalue weighted by molar-refractivity contribution is 6.16. The number of halogens is 1. The van der Waals surface area contributed by atoms with Gasteiger partial charge in [-0.3, -0.25) is 4.99 Å². The lowest BCUT2D eigenvalue weighted by molar-refractivity contribution is 0.182. The van der Waals surface area contributed by atoms with Gasteiger partial charge >= 0.3 is 6.01 Å². The number of aromatic nitrogens is 3. The van der Waals surface area contributed by atoms with Crippen LogP contribution in [0.1, 0.15) is 11.1 Å². The highest BCUT2D eigenvalue weighted by atomic mass is 19.1. The Hall–Kier alpha value is -4.31. The van der Waals surface area contributed by atoms with E-state index in [9.17, 15) is 9.50 Å². The van der Waals surface area contributed by atoms with Gasteiger partial charge in [0.25, 0.3) is 5.89 Å². The summed E-state index contributed by atoms with van der Waals surface area (Å²) in [7, 11) is 1.42. The number of benzodiazepines with no additional fused rings is 1. The Bertz CT molecular complexity index is 1310. The van der Waals surface area contributed by atoms with Crippen LogP contribution in [0.4, 0.5) is 16.1 Å². The third-order valence-corrected chi connectivity index (χ3v) is 5.05. The number of rotatable bonds is 5. The smallest absolute Gasteiger partial charge is 0.317 e. The SMILES string of the molecule is COc1cnc(-c2nnc(NC3N=C(c4ccccc4)c4ccccc4NC3O)o2)c(F)c1. The van der Waals surface area contributed by atoms with E-state index >= 15 is 0 Å². The molecule has 10 heteroatoms. The third kappa shape index (κ3) is 4.11. The van der Waals surface area contributed by atoms with Crippen LogP contribution in [0.25, 0.3) is 11.6 Å². The number of aliphatic hydroxyl groups is 1. The molecule has 0 saturated carbocycles. The lowest BCUT2D eigenvalue weighted by Gasteiger charge is -2.19. The van der Waals surface area contributed by atoms with Crippen molar-refractivity contribution in [3.63, 3.8) is 0 Å². The number of fused-ring (bicyclic) bond motifs is 1. The van der Waals surface area contributed by atoms with Crippen LogP contribution in [-0.4, -0.2) is 45.5 Å². The number of aliphatic imine (C=N–C) groups is 1. The zero-order valence-corrected chi connectivity index (χ0v) is 17.4. The zero-order chi connectivity index (χ0) is 22.8. The Morgan fingerprint density at radius 1 is 1.09 bits per heavy atom. The molecule has 2 unspecified atom stereocenters. The summed E-state index contributed by atoms with van der Waals surface area (Å²) < 4.78 is 24.8. The monoisotopic (exact) mass is 446 g/mol. The van der Waals surface area contributed by atoms with Crippen LogP contribution in [0, 0.1) is 5.82 Å². The van der Waals surface area contributed by atoms with E-state index in [1.165, 1.54) is 19.4 Å². The molecule has 4 aromatic rings. The highest BCUT2D eigenvalue weighted by Crippen LogP contribution is 2.27. The minimum Gasteiger partial charge on any atom is -0.495 e. The fourth-order valence-corrected chi connectivity index (χ4v) is 3.46. The molecule has 0 radical (unpaired) electrons. The quantitative estimate of drug-likeness (QED) is 0.428. The van der Waals surface area contributed by atoms with Crippen molar-refractivity contribution in [3.8, 4) is 17.3 Å². The first-order chi connectivity index (χ1) is 16.1. The first kappa shape index (κ1) is 20.6. The Morgan fingerprint density at radius 3 is 2.67 bits per heavy atom. The van der Waals surface area contributed by atoms with E-state index in [1.807, 2.05) is 54.6 Å². The number of hydrogen-bond donors (Lipinski definition) is 3. The summed E-state index contributed by atoms with van der Waals surface area (Å²) in [6.45, 7) is 0. The van der Waals surface area contributed by atoms with E-state index < -0.39 is 18.2 Å². The first-order valence-electron chi connectivity index (χ1n) is 10.1. The number of benzene rings is 2. The second-order valence-electron chi connectivity index (χ2n) is 7.19. The normalized spacial score (nSPS) is 17.4. The first-order valence-corrected chi connectivity index (χ1v) is 10.1. The Kier molecular flexibility index (Phi) is 5.41. The molecule has 0 spiro atoms. The van der Waals surface area contributed by atoms with Crippen molar-refractivity contribution in [1.29, 1.82) is 0 Å². The molecular formula is C23H19FN6O3. The van der Waals surface area contributed by atoms with Crippen LogP contribution in [-0.2, 0) is 0 Å². The van der Waals surface area contributed by atoms with Crippen LogP contribution in [0.3, 0.4) is 0 Å². The molecule has 0 bridgehead atoms. The van der Waals surface area contributed by atoms with Crippen LogP contribution >= 0.6 is 0 Å². The van der Waals surface area contributed by atoms with Gasteiger partial charge < -0.3 is 24.9 Å². The molecule has 1 aliphatic rings. The molecule has 33 heavy (non-hydrogen) atoms. The molecule has 2 aromatic carbocycles. The lowest BCUT2D eigenvalue weighted by Crippen LogP contribution is -2.37. The van der Waals surface area contributed by atoms with Crippen LogP contribution in [0.2, 0.25) is 0 Å². The molecule has 0 aliphatic carbocycles. The number of hydrogen-bond acceptors (Lipinski definition) is 9. The molecule has 1 aliphatic heterocycles. The fourth-order valence-electron chi connectivity index (χ4n) is 3.46. The van der Waals surface area contributed by atoms with Gasteiger partial charge in [0.05, 0.1) is 19.0 Å². The zero-order valence-electron chi connectivity index (χ0n) is 17.4. The third-order valence-electron chi connectivity index (χ3n) is 5.05. The number of aliphatic hydroxyl groups excluding tert-OH is 1. The van der Waals surface area contributed by atoms with Crippen molar-refractivity contribution < 1.29 is 18.7 Å². The summed E-state index contributed by atoms with van der Waals surface area (Å²) >= 11 is 0. The van der Waals surface area contributed by atoms with Gasteiger partial charge in [0.15, 0.2) is 23.9 Å². The molecule has 3 N–H and O–H groups in total. The van der Waals surface area contributed by atoms with Crippen molar-refractivity contribution in [2.75, 3.05) is 17.7 Å². The number of nitrogens with zero attached hydrogens (tertiary/aromatic N) is 4. The molecule has 166 valence electrons. The van der Waals surface area contributed by atoms with Crippen molar-refractivity contribution >= 4 is 17.4 Å². The predicted octanol–water partition coefficient (Wildman–Crippen LogP) is 3.30. The van der Waals surface area contributed by atoms with Gasteiger partial charge in [-0.25, -0.2) is 9.37 Å². The largest absolute Gasteiger partial charge is 0.495 e. The summed E-state index contributed by atoms with van der Waals surface area (Å²) in [5, 5.41) is 24.5. The summed E-state index contributed by atoms with van der Waals surface area (Å²) in [6.07, 6.45) is -0.643. The fraction of sp³-hybridized carbons (Fsp3) is 0.130. The molecule has 0 fully saturated rings. The van der Waals surface area contributed by atoms with Gasteiger partial charge in [-0.2, -0.15) is 0 Å². The van der Waals surface area contributed by atoms with E-state index in [-0.39, 0.29) is 23.3 Å². The van der Waals surface area contributed by atoms with Crippen molar-refractivity contribution in [3.05, 3.63) is 83.8 Å². The summed E-state index contributed by atoms with van der Waals surface area (Å²) in [5.41, 5.74) is 3.01. The minimum absolute atomic E-state index is 0.0463. The molecular weight excluding hydrogens is 427 g/mol. The topological polar surface area (TPSA) is 118 Å². The Labute approximate surface area is 188 Å². The summed E-state index contributed by atoms with van der Waals surface area (Å²) in [4.78, 5) is 8.72. The highest BCUT2D eigenvalue weighted by Gasteiger charge is 2.27. The molecule has 0 amide bonds. The van der Waals surface area contributed by atoms with Crippen molar-refractivity contribution in [2.45, 2.75) is 12.4 Å². The minimum atomic E-state index is -1.11. The number of pyridine rings is 1. The molecule has 2 aromatic heterocycles. The van der Waals surface area contributed by atoms with E-state index in [2.05, 4.69) is 25.8 Å². The Balaban J connectivity index is 1.47. The average molecular weight is 446 g/mol. The van der Waals surface area contributed by atoms with Gasteiger partial charge in [0.2, 0.25) is 0 Å². The van der Waals surface area contributed by atoms with E-state index in [4.69, 9.17) is 14.1 Å². The van der Waals surface area contributed by atoms with Gasteiger partial charge in [0.1, 0.15) is 5.75 Å². The summed E-state index contributed by atoms with van der Waals surface area (Å²) in [6, 6.07) is 18.3. The van der Waals surface area contributed by atoms with E-state index in [1.54, 1.807) is 0 Å². The standard InChI is InChI=1S/C23H19FN6O3/c1-32-14-11-16(24)19(25-12-14)22-29-30-23(33-22)28-20-21(31)26-17-10-6-5-9-15(17)18(27-20)13-7-3-2-4-8-13/h2-12,20-21,26,31H,1H3,(H,28,30). The van der Waals surface area contributed by atoms with E-state index in [0.29, 0.717) is 5.71 Å². The van der Waals surface area contributed by atoms with Crippen LogP contribution in [0.5, 0.6) is 5.75 Å². The van der Waals surface area contributed by atoms with Crippen LogP contribution < -0.4 is 15.4 Å². The second kappa shape index (κ2) is 8.67. The van der Waals surface area contributed by atoms with Gasteiger partial charge in [0, 0.05) is 22.9 Å². The number of methoxy groups -OCH3 is 1. The van der Waals surface area contributed by atoms with E-state index in [0.717, 1.165) is 16.8 Å². The van der Waals surface area contributed by atoms with Crippen LogP contribution in [0.15, 0.2) is 76.3 Å². The average Bonchev–Trinajstić information content (AvgIpc) is 3.25. The Morgan fingerprint density at radius 2 is 1.88 bits per heavy atom. The predicted molar refractivity (Wildman–Crippen MR) is 120 cm³/mol. The maximum absolute atomic E-state index is 14.3. The summed E-state index contributed by atoms with van der Waals surface area (Å²) in [5.74, 6) is -0.520. The molecule has 5 rings (SSSR count). The number of anilines is 2. The lowest BCUT2D eigenvalue weighted by atomic mass is 10.0. The van der Waals surface area contributed by atoms with Gasteiger partial charge in [-0.05, 0) is 6.07 Å². The van der Waals surface area contributed by atoms with Gasteiger partial charge in [-0.15, -0.1) is 5.10 Å². The maximum atomic E-state index is 14.3. The second-order valence-corrected chi connectivity index (χ2v) is 7.19. The molecule has 9 nitrogen and oxygen atoms in total. The molecule has 2 atom stereocenters. The van der Waals surface area contributed by atoms with Crippen molar-refractivity contribution in [2.24, 2.45) is 4.99 Å². The van der Waals surface area contributed by atoms with Crippen molar-refractivity contribution in [1.82, 2.24) is 15.2 Å². The number of para-hydroxylation sites is 1. The molecule has 0 saturated heterocycles. The number of ether oxygens (including phenoxy) is 1.